The molecule has 0 aliphatic carbocycles. The van der Waals surface area contributed by atoms with Crippen LogP contribution in [0.2, 0.25) is 5.02 Å². The molecule has 0 heterocycles. The summed E-state index contributed by atoms with van der Waals surface area (Å²) in [5.41, 5.74) is 2.23. The van der Waals surface area contributed by atoms with Crippen LogP contribution >= 0.6 is 11.6 Å². The zero-order valence-corrected chi connectivity index (χ0v) is 14.8. The number of nitro benzene ring substituents is 1. The van der Waals surface area contributed by atoms with Crippen molar-refractivity contribution >= 4 is 34.9 Å². The second-order valence-electron chi connectivity index (χ2n) is 5.46. The van der Waals surface area contributed by atoms with Gasteiger partial charge in [-0.25, -0.2) is 4.79 Å². The molecule has 0 saturated carbocycles. The molecule has 0 aliphatic heterocycles. The highest BCUT2D eigenvalue weighted by Crippen LogP contribution is 2.29. The molecule has 9 heteroatoms. The minimum absolute atomic E-state index is 0.121. The number of nitro groups is 1. The minimum atomic E-state index is -0.754. The van der Waals surface area contributed by atoms with E-state index in [0.717, 1.165) is 17.2 Å². The number of hydrogen-bond acceptors (Lipinski definition) is 5. The third-order valence-electron chi connectivity index (χ3n) is 3.49. The van der Waals surface area contributed by atoms with Crippen LogP contribution in [0.5, 0.6) is 5.75 Å². The molecule has 3 amide bonds. The van der Waals surface area contributed by atoms with E-state index in [1.807, 2.05) is 19.9 Å². The number of amides is 3. The molecule has 2 aromatic carbocycles. The van der Waals surface area contributed by atoms with E-state index in [0.29, 0.717) is 5.69 Å². The molecular weight excluding hydrogens is 362 g/mol. The van der Waals surface area contributed by atoms with Crippen LogP contribution in [0.4, 0.5) is 16.2 Å². The molecule has 26 heavy (non-hydrogen) atoms. The number of hydrogen-bond donors (Lipinski definition) is 2. The van der Waals surface area contributed by atoms with Gasteiger partial charge in [-0.3, -0.25) is 20.2 Å². The van der Waals surface area contributed by atoms with Gasteiger partial charge >= 0.3 is 11.7 Å². The van der Waals surface area contributed by atoms with Crippen molar-refractivity contribution in [3.05, 3.63) is 62.7 Å². The van der Waals surface area contributed by atoms with Crippen molar-refractivity contribution in [1.82, 2.24) is 5.32 Å². The topological polar surface area (TPSA) is 111 Å². The van der Waals surface area contributed by atoms with Crippen molar-refractivity contribution in [1.29, 1.82) is 0 Å². The molecular formula is C17H16ClN3O5. The van der Waals surface area contributed by atoms with Gasteiger partial charge in [0.2, 0.25) is 0 Å². The molecule has 0 unspecified atom stereocenters. The molecule has 0 saturated heterocycles. The highest BCUT2D eigenvalue weighted by molar-refractivity contribution is 6.30. The van der Waals surface area contributed by atoms with E-state index < -0.39 is 23.5 Å². The van der Waals surface area contributed by atoms with E-state index in [4.69, 9.17) is 16.3 Å². The molecule has 2 aromatic rings. The minimum Gasteiger partial charge on any atom is -0.477 e. The van der Waals surface area contributed by atoms with Gasteiger partial charge in [0, 0.05) is 16.8 Å². The number of nitrogens with one attached hydrogen (secondary N) is 2. The summed E-state index contributed by atoms with van der Waals surface area (Å²) in [6.45, 7) is 3.27. The second-order valence-corrected chi connectivity index (χ2v) is 5.90. The average Bonchev–Trinajstić information content (AvgIpc) is 2.56. The molecule has 2 N–H and O–H groups in total. The van der Waals surface area contributed by atoms with Gasteiger partial charge in [0.15, 0.2) is 12.4 Å². The van der Waals surface area contributed by atoms with Crippen LogP contribution in [0, 0.1) is 24.0 Å². The molecule has 8 nitrogen and oxygen atoms in total. The number of ether oxygens (including phenoxy) is 1. The SMILES string of the molecule is Cc1ccc(NC(=O)NC(=O)COc2ccc(Cl)cc2[N+](=O)[O-])cc1C. The number of carbonyl (C=O) groups is 2. The van der Waals surface area contributed by atoms with E-state index in [1.165, 1.54) is 12.1 Å². The number of imide groups is 1. The van der Waals surface area contributed by atoms with Crippen LogP contribution < -0.4 is 15.4 Å². The number of anilines is 1. The fraction of sp³-hybridized carbons (Fsp3) is 0.176. The van der Waals surface area contributed by atoms with Gasteiger partial charge in [-0.15, -0.1) is 0 Å². The fourth-order valence-corrected chi connectivity index (χ4v) is 2.21. The predicted octanol–water partition coefficient (Wildman–Crippen LogP) is 3.59. The van der Waals surface area contributed by atoms with E-state index in [2.05, 4.69) is 10.6 Å². The summed E-state index contributed by atoms with van der Waals surface area (Å²) < 4.78 is 5.11. The van der Waals surface area contributed by atoms with E-state index in [1.54, 1.807) is 12.1 Å². The Hall–Kier alpha value is -3.13. The lowest BCUT2D eigenvalue weighted by Gasteiger charge is -2.09. The number of rotatable bonds is 5. The Morgan fingerprint density at radius 2 is 1.88 bits per heavy atom. The maximum absolute atomic E-state index is 11.8. The molecule has 0 bridgehead atoms. The monoisotopic (exact) mass is 377 g/mol. The first kappa shape index (κ1) is 19.2. The first-order chi connectivity index (χ1) is 12.3. The van der Waals surface area contributed by atoms with Crippen LogP contribution in [0.15, 0.2) is 36.4 Å². The highest BCUT2D eigenvalue weighted by atomic mass is 35.5. The highest BCUT2D eigenvalue weighted by Gasteiger charge is 2.17. The van der Waals surface area contributed by atoms with E-state index in [9.17, 15) is 19.7 Å². The second kappa shape index (κ2) is 8.30. The van der Waals surface area contributed by atoms with Gasteiger partial charge in [-0.2, -0.15) is 0 Å². The third kappa shape index (κ3) is 5.18. The molecule has 0 spiro atoms. The summed E-state index contributed by atoms with van der Waals surface area (Å²) in [6.07, 6.45) is 0. The summed E-state index contributed by atoms with van der Waals surface area (Å²) in [6, 6.07) is 8.38. The first-order valence-corrected chi connectivity index (χ1v) is 7.89. The number of aryl methyl sites for hydroxylation is 2. The van der Waals surface area contributed by atoms with Crippen LogP contribution in [-0.2, 0) is 4.79 Å². The smallest absolute Gasteiger partial charge is 0.325 e. The summed E-state index contributed by atoms with van der Waals surface area (Å²) in [5, 5.41) is 15.7. The zero-order chi connectivity index (χ0) is 19.3. The van der Waals surface area contributed by atoms with E-state index in [-0.39, 0.29) is 16.5 Å². The van der Waals surface area contributed by atoms with Crippen molar-refractivity contribution in [2.45, 2.75) is 13.8 Å². The number of carbonyl (C=O) groups excluding carboxylic acids is 2. The van der Waals surface area contributed by atoms with Gasteiger partial charge in [-0.1, -0.05) is 17.7 Å². The Morgan fingerprint density at radius 1 is 1.15 bits per heavy atom. The Labute approximate surface area is 154 Å². The average molecular weight is 378 g/mol. The summed E-state index contributed by atoms with van der Waals surface area (Å²) in [5.74, 6) is -0.875. The van der Waals surface area contributed by atoms with Crippen molar-refractivity contribution in [3.63, 3.8) is 0 Å². The molecule has 0 aromatic heterocycles. The maximum Gasteiger partial charge on any atom is 0.325 e. The van der Waals surface area contributed by atoms with E-state index >= 15 is 0 Å². The van der Waals surface area contributed by atoms with Crippen LogP contribution in [-0.4, -0.2) is 23.5 Å². The van der Waals surface area contributed by atoms with Crippen molar-refractivity contribution in [3.8, 4) is 5.75 Å². The lowest BCUT2D eigenvalue weighted by atomic mass is 10.1. The standard InChI is InChI=1S/C17H16ClN3O5/c1-10-3-5-13(7-11(10)2)19-17(23)20-16(22)9-26-15-6-4-12(18)8-14(15)21(24)25/h3-8H,9H2,1-2H3,(H2,19,20,22,23). The molecule has 0 radical (unpaired) electrons. The van der Waals surface area contributed by atoms with Crippen LogP contribution in [0.1, 0.15) is 11.1 Å². The largest absolute Gasteiger partial charge is 0.477 e. The van der Waals surface area contributed by atoms with Gasteiger partial charge in [0.1, 0.15) is 0 Å². The molecule has 0 atom stereocenters. The van der Waals surface area contributed by atoms with Crippen molar-refractivity contribution in [2.24, 2.45) is 0 Å². The summed E-state index contributed by atoms with van der Waals surface area (Å²) in [7, 11) is 0. The van der Waals surface area contributed by atoms with Gasteiger partial charge < -0.3 is 10.1 Å². The molecule has 136 valence electrons. The van der Waals surface area contributed by atoms with Gasteiger partial charge in [0.25, 0.3) is 5.91 Å². The van der Waals surface area contributed by atoms with Gasteiger partial charge in [-0.05, 0) is 49.2 Å². The summed E-state index contributed by atoms with van der Waals surface area (Å²) in [4.78, 5) is 33.9. The lowest BCUT2D eigenvalue weighted by molar-refractivity contribution is -0.385. The van der Waals surface area contributed by atoms with Crippen LogP contribution in [0.25, 0.3) is 0 Å². The zero-order valence-electron chi connectivity index (χ0n) is 14.0. The third-order valence-corrected chi connectivity index (χ3v) is 3.73. The molecule has 0 fully saturated rings. The number of nitrogens with zero attached hydrogens (tertiary/aromatic N) is 1. The quantitative estimate of drug-likeness (QED) is 0.611. The van der Waals surface area contributed by atoms with Crippen molar-refractivity contribution < 1.29 is 19.2 Å². The summed E-state index contributed by atoms with van der Waals surface area (Å²) >= 11 is 5.70. The Balaban J connectivity index is 1.91. The Bertz CT molecular complexity index is 869. The first-order valence-electron chi connectivity index (χ1n) is 7.51. The fourth-order valence-electron chi connectivity index (χ4n) is 2.04. The predicted molar refractivity (Wildman–Crippen MR) is 96.7 cm³/mol. The maximum atomic E-state index is 11.8. The number of benzene rings is 2. The number of urea groups is 1. The number of halogens is 1. The van der Waals surface area contributed by atoms with Gasteiger partial charge in [0.05, 0.1) is 4.92 Å². The Morgan fingerprint density at radius 3 is 2.54 bits per heavy atom. The Kier molecular flexibility index (Phi) is 6.13. The molecule has 0 aliphatic rings. The normalized spacial score (nSPS) is 10.1. The van der Waals surface area contributed by atoms with Crippen molar-refractivity contribution in [2.75, 3.05) is 11.9 Å². The lowest BCUT2D eigenvalue weighted by Crippen LogP contribution is -2.37. The van der Waals surface area contributed by atoms with Crippen LogP contribution in [0.3, 0.4) is 0 Å². The molecule has 2 rings (SSSR count).